The van der Waals surface area contributed by atoms with Crippen molar-refractivity contribution in [3.05, 3.63) is 59.7 Å². The summed E-state index contributed by atoms with van der Waals surface area (Å²) in [5.41, 5.74) is 1.46. The van der Waals surface area contributed by atoms with E-state index in [0.717, 1.165) is 5.56 Å². The van der Waals surface area contributed by atoms with Crippen molar-refractivity contribution in [3.8, 4) is 11.4 Å². The van der Waals surface area contributed by atoms with Crippen molar-refractivity contribution in [2.24, 2.45) is 11.8 Å². The molecule has 1 saturated heterocycles. The fourth-order valence-corrected chi connectivity index (χ4v) is 3.73. The fraction of sp³-hybridized carbons (Fsp3) is 0.318. The molecule has 0 aliphatic carbocycles. The molecule has 3 aromatic rings. The molecule has 2 amide bonds. The molecule has 3 heterocycles. The summed E-state index contributed by atoms with van der Waals surface area (Å²) >= 11 is 6.04. The number of carbonyl (C=O) groups is 2. The van der Waals surface area contributed by atoms with Crippen molar-refractivity contribution in [3.63, 3.8) is 0 Å². The fourth-order valence-electron chi connectivity index (χ4n) is 3.54. The molecular formula is C22H22ClN5O3. The summed E-state index contributed by atoms with van der Waals surface area (Å²) in [6.07, 6.45) is 3.43. The number of aromatic nitrogens is 3. The van der Waals surface area contributed by atoms with Gasteiger partial charge >= 0.3 is 0 Å². The third kappa shape index (κ3) is 4.59. The van der Waals surface area contributed by atoms with Crippen LogP contribution >= 0.6 is 11.6 Å². The van der Waals surface area contributed by atoms with Gasteiger partial charge in [0, 0.05) is 41.6 Å². The monoisotopic (exact) mass is 439 g/mol. The molecule has 0 spiro atoms. The second-order valence-corrected chi connectivity index (χ2v) is 8.24. The topological polar surface area (TPSA) is 101 Å². The Morgan fingerprint density at radius 1 is 1.26 bits per heavy atom. The number of pyridine rings is 1. The Kier molecular flexibility index (Phi) is 5.99. The van der Waals surface area contributed by atoms with Crippen LogP contribution in [0.1, 0.15) is 32.2 Å². The summed E-state index contributed by atoms with van der Waals surface area (Å²) in [6.45, 7) is 4.21. The number of carbonyl (C=O) groups excluding carboxylic acids is 2. The van der Waals surface area contributed by atoms with Gasteiger partial charge in [0.05, 0.1) is 5.92 Å². The third-order valence-corrected chi connectivity index (χ3v) is 5.46. The summed E-state index contributed by atoms with van der Waals surface area (Å²) < 4.78 is 5.44. The van der Waals surface area contributed by atoms with Crippen LogP contribution in [0.15, 0.2) is 53.3 Å². The summed E-state index contributed by atoms with van der Waals surface area (Å²) in [5.74, 6) is -0.0423. The molecule has 8 nitrogen and oxygen atoms in total. The lowest BCUT2D eigenvalue weighted by molar-refractivity contribution is -0.127. The number of halogens is 1. The molecule has 2 aromatic heterocycles. The van der Waals surface area contributed by atoms with Gasteiger partial charge in [-0.25, -0.2) is 0 Å². The predicted octanol–water partition coefficient (Wildman–Crippen LogP) is 3.65. The molecule has 4 rings (SSSR count). The first kappa shape index (κ1) is 21.0. The molecule has 9 heteroatoms. The van der Waals surface area contributed by atoms with E-state index in [2.05, 4.69) is 20.4 Å². The van der Waals surface area contributed by atoms with Crippen LogP contribution in [0.2, 0.25) is 5.02 Å². The van der Waals surface area contributed by atoms with Gasteiger partial charge < -0.3 is 14.7 Å². The van der Waals surface area contributed by atoms with Gasteiger partial charge in [-0.1, -0.05) is 36.7 Å². The molecule has 1 aliphatic heterocycles. The van der Waals surface area contributed by atoms with E-state index >= 15 is 0 Å². The number of nitrogens with one attached hydrogen (secondary N) is 1. The average molecular weight is 440 g/mol. The van der Waals surface area contributed by atoms with Crippen molar-refractivity contribution in [2.75, 3.05) is 11.4 Å². The largest absolute Gasteiger partial charge is 0.344 e. The smallest absolute Gasteiger partial charge is 0.249 e. The van der Waals surface area contributed by atoms with Gasteiger partial charge in [-0.2, -0.15) is 4.98 Å². The minimum atomic E-state index is -0.477. The van der Waals surface area contributed by atoms with Gasteiger partial charge in [-0.05, 0) is 36.2 Å². The molecule has 1 fully saturated rings. The Morgan fingerprint density at radius 3 is 2.74 bits per heavy atom. The maximum Gasteiger partial charge on any atom is 0.249 e. The Labute approximate surface area is 184 Å². The first-order valence-corrected chi connectivity index (χ1v) is 10.4. The lowest BCUT2D eigenvalue weighted by atomic mass is 10.0. The highest BCUT2D eigenvalue weighted by molar-refractivity contribution is 6.31. The molecule has 0 radical (unpaired) electrons. The van der Waals surface area contributed by atoms with Crippen LogP contribution in [0, 0.1) is 11.8 Å². The van der Waals surface area contributed by atoms with E-state index in [1.165, 1.54) is 0 Å². The highest BCUT2D eigenvalue weighted by atomic mass is 35.5. The van der Waals surface area contributed by atoms with E-state index in [-0.39, 0.29) is 24.2 Å². The number of hydrogen-bond acceptors (Lipinski definition) is 6. The predicted molar refractivity (Wildman–Crippen MR) is 115 cm³/mol. The van der Waals surface area contributed by atoms with Crippen LogP contribution in [0.5, 0.6) is 0 Å². The van der Waals surface area contributed by atoms with Crippen LogP contribution < -0.4 is 10.2 Å². The van der Waals surface area contributed by atoms with E-state index in [1.54, 1.807) is 53.7 Å². The van der Waals surface area contributed by atoms with Gasteiger partial charge in [-0.3, -0.25) is 14.6 Å². The van der Waals surface area contributed by atoms with E-state index < -0.39 is 12.0 Å². The minimum Gasteiger partial charge on any atom is -0.344 e. The quantitative estimate of drug-likeness (QED) is 0.629. The molecule has 0 saturated carbocycles. The minimum absolute atomic E-state index is 0.0100. The van der Waals surface area contributed by atoms with Gasteiger partial charge in [0.25, 0.3) is 0 Å². The van der Waals surface area contributed by atoms with Crippen molar-refractivity contribution in [1.29, 1.82) is 0 Å². The number of amides is 2. The average Bonchev–Trinajstić information content (AvgIpc) is 3.39. The first-order valence-electron chi connectivity index (χ1n) is 10.0. The Morgan fingerprint density at radius 2 is 2.03 bits per heavy atom. The van der Waals surface area contributed by atoms with Crippen molar-refractivity contribution < 1.29 is 14.1 Å². The highest BCUT2D eigenvalue weighted by Gasteiger charge is 2.37. The molecule has 1 aliphatic rings. The van der Waals surface area contributed by atoms with Crippen LogP contribution in [0.25, 0.3) is 11.4 Å². The van der Waals surface area contributed by atoms with Crippen LogP contribution in [-0.4, -0.2) is 33.5 Å². The standard InChI is InChI=1S/C22H22ClN5O3/c1-13(2)19(22-26-20(27-31-22)14-6-8-24-9-7-14)25-21(30)15-10-18(29)28(12-15)17-5-3-4-16(23)11-17/h3-9,11,13,15,19H,10,12H2,1-2H3,(H,25,30). The summed E-state index contributed by atoms with van der Waals surface area (Å²) in [7, 11) is 0. The summed E-state index contributed by atoms with van der Waals surface area (Å²) in [6, 6.07) is 10.1. The number of benzene rings is 1. The third-order valence-electron chi connectivity index (χ3n) is 5.23. The number of hydrogen-bond donors (Lipinski definition) is 1. The molecule has 160 valence electrons. The molecule has 1 N–H and O–H groups in total. The normalized spacial score (nSPS) is 17.2. The molecule has 0 bridgehead atoms. The van der Waals surface area contributed by atoms with E-state index in [1.807, 2.05) is 13.8 Å². The molecular weight excluding hydrogens is 418 g/mol. The second kappa shape index (κ2) is 8.85. The Hall–Kier alpha value is -3.26. The van der Waals surface area contributed by atoms with Gasteiger partial charge in [0.2, 0.25) is 23.5 Å². The van der Waals surface area contributed by atoms with E-state index in [4.69, 9.17) is 16.1 Å². The summed E-state index contributed by atoms with van der Waals surface area (Å²) in [4.78, 5) is 35.5. The molecule has 31 heavy (non-hydrogen) atoms. The zero-order valence-corrected chi connectivity index (χ0v) is 17.9. The molecule has 2 atom stereocenters. The van der Waals surface area contributed by atoms with Crippen LogP contribution in [0.4, 0.5) is 5.69 Å². The zero-order chi connectivity index (χ0) is 22.0. The number of nitrogens with zero attached hydrogens (tertiary/aromatic N) is 4. The van der Waals surface area contributed by atoms with Gasteiger partial charge in [-0.15, -0.1) is 0 Å². The Bertz CT molecular complexity index is 1090. The van der Waals surface area contributed by atoms with Gasteiger partial charge in [0.15, 0.2) is 0 Å². The van der Waals surface area contributed by atoms with Crippen LogP contribution in [0.3, 0.4) is 0 Å². The van der Waals surface area contributed by atoms with E-state index in [9.17, 15) is 9.59 Å². The molecule has 2 unspecified atom stereocenters. The second-order valence-electron chi connectivity index (χ2n) is 7.81. The lowest BCUT2D eigenvalue weighted by Gasteiger charge is -2.21. The maximum atomic E-state index is 13.0. The molecule has 1 aromatic carbocycles. The van der Waals surface area contributed by atoms with Gasteiger partial charge in [0.1, 0.15) is 6.04 Å². The Balaban J connectivity index is 1.47. The number of rotatable bonds is 6. The van der Waals surface area contributed by atoms with E-state index in [0.29, 0.717) is 29.0 Å². The van der Waals surface area contributed by atoms with Crippen molar-refractivity contribution in [2.45, 2.75) is 26.3 Å². The maximum absolute atomic E-state index is 13.0. The SMILES string of the molecule is CC(C)C(NC(=O)C1CC(=O)N(c2cccc(Cl)c2)C1)c1nc(-c2ccncc2)no1. The van der Waals surface area contributed by atoms with Crippen LogP contribution in [-0.2, 0) is 9.59 Å². The summed E-state index contributed by atoms with van der Waals surface area (Å²) in [5, 5.41) is 7.56. The first-order chi connectivity index (χ1) is 14.9. The highest BCUT2D eigenvalue weighted by Crippen LogP contribution is 2.29. The number of anilines is 1. The van der Waals surface area contributed by atoms with Crippen molar-refractivity contribution in [1.82, 2.24) is 20.4 Å². The lowest BCUT2D eigenvalue weighted by Crippen LogP contribution is -2.37. The zero-order valence-electron chi connectivity index (χ0n) is 17.2. The van der Waals surface area contributed by atoms with Crippen molar-refractivity contribution >= 4 is 29.1 Å².